The van der Waals surface area contributed by atoms with Gasteiger partial charge in [-0.1, -0.05) is 47.2 Å². The fraction of sp³-hybridized carbons (Fsp3) is 0.208. The lowest BCUT2D eigenvalue weighted by atomic mass is 9.96. The second-order valence-electron chi connectivity index (χ2n) is 7.22. The van der Waals surface area contributed by atoms with Gasteiger partial charge in [0.25, 0.3) is 5.56 Å². The highest BCUT2D eigenvalue weighted by Crippen LogP contribution is 2.34. The van der Waals surface area contributed by atoms with Crippen LogP contribution in [-0.4, -0.2) is 24.3 Å². The third-order valence-electron chi connectivity index (χ3n) is 5.19. The van der Waals surface area contributed by atoms with Gasteiger partial charge in [0.2, 0.25) is 0 Å². The van der Waals surface area contributed by atoms with Crippen LogP contribution in [0.2, 0.25) is 5.02 Å². The highest BCUT2D eigenvalue weighted by atomic mass is 79.9. The van der Waals surface area contributed by atoms with E-state index in [1.807, 2.05) is 30.3 Å². The van der Waals surface area contributed by atoms with Crippen LogP contribution in [-0.2, 0) is 9.53 Å². The smallest absolute Gasteiger partial charge is 0.338 e. The Bertz CT molecular complexity index is 1460. The Kier molecular flexibility index (Phi) is 6.88. The van der Waals surface area contributed by atoms with Crippen molar-refractivity contribution in [3.05, 3.63) is 94.0 Å². The first-order valence-corrected chi connectivity index (χ1v) is 12.1. The molecular formula is C24H20BrClN2O4S. The van der Waals surface area contributed by atoms with Crippen molar-refractivity contribution < 1.29 is 14.3 Å². The predicted molar refractivity (Wildman–Crippen MR) is 133 cm³/mol. The fourth-order valence-corrected chi connectivity index (χ4v) is 5.55. The van der Waals surface area contributed by atoms with Crippen LogP contribution >= 0.6 is 38.9 Å². The first-order valence-electron chi connectivity index (χ1n) is 10.1. The maximum Gasteiger partial charge on any atom is 0.338 e. The minimum Gasteiger partial charge on any atom is -0.496 e. The third-order valence-corrected chi connectivity index (χ3v) is 7.14. The summed E-state index contributed by atoms with van der Waals surface area (Å²) in [6, 6.07) is 12.0. The lowest BCUT2D eigenvalue weighted by Crippen LogP contribution is -2.40. The van der Waals surface area contributed by atoms with Gasteiger partial charge in [-0.15, -0.1) is 0 Å². The van der Waals surface area contributed by atoms with E-state index in [4.69, 9.17) is 21.1 Å². The average molecular weight is 548 g/mol. The van der Waals surface area contributed by atoms with Crippen LogP contribution in [0, 0.1) is 0 Å². The molecule has 1 aliphatic heterocycles. The van der Waals surface area contributed by atoms with Gasteiger partial charge < -0.3 is 9.47 Å². The Balaban J connectivity index is 1.95. The monoisotopic (exact) mass is 546 g/mol. The molecule has 0 bridgehead atoms. The SMILES string of the molecule is CCOC(=O)C1=C(C)N=c2s/c(=C\c3ccc(OC)c(Br)c3)c(=O)n2C1c1ccccc1Cl. The number of aromatic nitrogens is 1. The predicted octanol–water partition coefficient (Wildman–Crippen LogP) is 4.22. The number of hydrogen-bond donors (Lipinski definition) is 0. The molecule has 2 heterocycles. The molecule has 0 saturated carbocycles. The van der Waals surface area contributed by atoms with Crippen LogP contribution in [0.3, 0.4) is 0 Å². The summed E-state index contributed by atoms with van der Waals surface area (Å²) in [5, 5.41) is 0.452. The number of allylic oxidation sites excluding steroid dienone is 1. The number of benzene rings is 2. The van der Waals surface area contributed by atoms with Crippen molar-refractivity contribution in [2.24, 2.45) is 4.99 Å². The lowest BCUT2D eigenvalue weighted by molar-refractivity contribution is -0.139. The van der Waals surface area contributed by atoms with E-state index in [1.54, 1.807) is 39.2 Å². The molecule has 33 heavy (non-hydrogen) atoms. The molecule has 4 rings (SSSR count). The minimum atomic E-state index is -0.737. The summed E-state index contributed by atoms with van der Waals surface area (Å²) in [6.45, 7) is 3.69. The molecule has 1 aliphatic rings. The van der Waals surface area contributed by atoms with Crippen LogP contribution < -0.4 is 19.6 Å². The van der Waals surface area contributed by atoms with Crippen LogP contribution in [0.25, 0.3) is 6.08 Å². The Labute approximate surface area is 207 Å². The summed E-state index contributed by atoms with van der Waals surface area (Å²) in [4.78, 5) is 31.5. The summed E-state index contributed by atoms with van der Waals surface area (Å²) < 4.78 is 13.4. The Hall–Kier alpha value is -2.68. The molecule has 0 saturated heterocycles. The van der Waals surface area contributed by atoms with E-state index in [1.165, 1.54) is 15.9 Å². The van der Waals surface area contributed by atoms with Gasteiger partial charge in [0, 0.05) is 5.02 Å². The van der Waals surface area contributed by atoms with E-state index in [-0.39, 0.29) is 12.2 Å². The zero-order valence-corrected chi connectivity index (χ0v) is 21.3. The van der Waals surface area contributed by atoms with E-state index in [0.29, 0.717) is 36.9 Å². The van der Waals surface area contributed by atoms with E-state index >= 15 is 0 Å². The molecule has 1 unspecified atom stereocenters. The highest BCUT2D eigenvalue weighted by Gasteiger charge is 2.34. The maximum absolute atomic E-state index is 13.6. The van der Waals surface area contributed by atoms with E-state index in [0.717, 1.165) is 10.0 Å². The lowest BCUT2D eigenvalue weighted by Gasteiger charge is -2.25. The summed E-state index contributed by atoms with van der Waals surface area (Å²) in [5.41, 5.74) is 2.00. The molecule has 170 valence electrons. The molecule has 1 aromatic heterocycles. The molecule has 9 heteroatoms. The molecule has 6 nitrogen and oxygen atoms in total. The molecule has 0 radical (unpaired) electrons. The van der Waals surface area contributed by atoms with Gasteiger partial charge in [-0.2, -0.15) is 0 Å². The second-order valence-corrected chi connectivity index (χ2v) is 9.49. The molecule has 0 N–H and O–H groups in total. The fourth-order valence-electron chi connectivity index (χ4n) is 3.71. The number of carbonyl (C=O) groups excluding carboxylic acids is 1. The van der Waals surface area contributed by atoms with Crippen molar-refractivity contribution in [1.82, 2.24) is 4.57 Å². The molecule has 2 aromatic carbocycles. The Morgan fingerprint density at radius 3 is 2.73 bits per heavy atom. The van der Waals surface area contributed by atoms with Crippen molar-refractivity contribution >= 4 is 50.9 Å². The molecule has 0 spiro atoms. The van der Waals surface area contributed by atoms with E-state index in [9.17, 15) is 9.59 Å². The van der Waals surface area contributed by atoms with Crippen LogP contribution in [0.1, 0.15) is 31.0 Å². The van der Waals surface area contributed by atoms with Crippen molar-refractivity contribution in [2.45, 2.75) is 19.9 Å². The molecule has 0 fully saturated rings. The van der Waals surface area contributed by atoms with Crippen LogP contribution in [0.5, 0.6) is 5.75 Å². The third kappa shape index (κ3) is 4.43. The molecule has 1 atom stereocenters. The number of ether oxygens (including phenoxy) is 2. The standard InChI is InChI=1S/C24H20BrClN2O4S/c1-4-32-23(30)20-13(2)27-24-28(21(20)15-7-5-6-8-17(15)26)22(29)19(33-24)12-14-9-10-18(31-3)16(25)11-14/h5-12,21H,4H2,1-3H3/b19-12-. The summed E-state index contributed by atoms with van der Waals surface area (Å²) in [5.74, 6) is 0.180. The zero-order chi connectivity index (χ0) is 23.7. The number of hydrogen-bond acceptors (Lipinski definition) is 6. The van der Waals surface area contributed by atoms with Gasteiger partial charge >= 0.3 is 5.97 Å². The van der Waals surface area contributed by atoms with Crippen molar-refractivity contribution in [3.8, 4) is 5.75 Å². The normalized spacial score (nSPS) is 15.8. The average Bonchev–Trinajstić information content (AvgIpc) is 3.08. The van der Waals surface area contributed by atoms with Gasteiger partial charge in [0.05, 0.1) is 34.0 Å². The number of fused-ring (bicyclic) bond motifs is 1. The number of nitrogens with zero attached hydrogens (tertiary/aromatic N) is 2. The quantitative estimate of drug-likeness (QED) is 0.449. The van der Waals surface area contributed by atoms with Crippen LogP contribution in [0.15, 0.2) is 68.0 Å². The minimum absolute atomic E-state index is 0.210. The summed E-state index contributed by atoms with van der Waals surface area (Å²) >= 11 is 11.2. The molecular weight excluding hydrogens is 528 g/mol. The van der Waals surface area contributed by atoms with Gasteiger partial charge in [-0.25, -0.2) is 9.79 Å². The largest absolute Gasteiger partial charge is 0.496 e. The van der Waals surface area contributed by atoms with E-state index in [2.05, 4.69) is 20.9 Å². The van der Waals surface area contributed by atoms with E-state index < -0.39 is 12.0 Å². The van der Waals surface area contributed by atoms with Gasteiger partial charge in [0.15, 0.2) is 4.80 Å². The number of carbonyl (C=O) groups is 1. The first kappa shape index (κ1) is 23.5. The summed E-state index contributed by atoms with van der Waals surface area (Å²) in [6.07, 6.45) is 1.79. The van der Waals surface area contributed by atoms with Gasteiger partial charge in [0.1, 0.15) is 11.8 Å². The van der Waals surface area contributed by atoms with Crippen LogP contribution in [0.4, 0.5) is 0 Å². The number of methoxy groups -OCH3 is 1. The number of rotatable bonds is 5. The molecule has 0 amide bonds. The van der Waals surface area contributed by atoms with Crippen molar-refractivity contribution in [3.63, 3.8) is 0 Å². The Morgan fingerprint density at radius 1 is 1.30 bits per heavy atom. The number of esters is 1. The van der Waals surface area contributed by atoms with Gasteiger partial charge in [-0.05, 0) is 65.2 Å². The number of halogens is 2. The van der Waals surface area contributed by atoms with Crippen molar-refractivity contribution in [1.29, 1.82) is 0 Å². The maximum atomic E-state index is 13.6. The van der Waals surface area contributed by atoms with Gasteiger partial charge in [-0.3, -0.25) is 9.36 Å². The molecule has 3 aromatic rings. The Morgan fingerprint density at radius 2 is 2.06 bits per heavy atom. The van der Waals surface area contributed by atoms with Crippen molar-refractivity contribution in [2.75, 3.05) is 13.7 Å². The number of thiazole rings is 1. The first-order chi connectivity index (χ1) is 15.8. The summed E-state index contributed by atoms with van der Waals surface area (Å²) in [7, 11) is 1.59. The highest BCUT2D eigenvalue weighted by molar-refractivity contribution is 9.10. The topological polar surface area (TPSA) is 69.9 Å². The molecule has 0 aliphatic carbocycles. The second kappa shape index (κ2) is 9.67. The zero-order valence-electron chi connectivity index (χ0n) is 18.1.